The molecular formula is C30H38N6O2. The number of carbonyl (C=O) groups excluding carboxylic acids is 1. The van der Waals surface area contributed by atoms with Crippen LogP contribution in [0.25, 0.3) is 11.1 Å². The zero-order valence-electron chi connectivity index (χ0n) is 22.3. The van der Waals surface area contributed by atoms with Gasteiger partial charge in [0.25, 0.3) is 5.91 Å². The SMILES string of the molecule is COC1CCC(NC(=O)c2cnn3ccc(C4=CCCCc5nc(NC6CCCCC6)ncc54)cc23)CC1. The zero-order valence-corrected chi connectivity index (χ0v) is 22.3. The number of hydrogen-bond donors (Lipinski definition) is 2. The van der Waals surface area contributed by atoms with Crippen LogP contribution in [0.15, 0.2) is 36.8 Å². The molecule has 0 atom stereocenters. The van der Waals surface area contributed by atoms with Crippen molar-refractivity contribution in [1.29, 1.82) is 0 Å². The van der Waals surface area contributed by atoms with Gasteiger partial charge < -0.3 is 15.4 Å². The molecule has 0 saturated heterocycles. The maximum Gasteiger partial charge on any atom is 0.255 e. The molecule has 38 heavy (non-hydrogen) atoms. The molecule has 3 aromatic heterocycles. The highest BCUT2D eigenvalue weighted by molar-refractivity contribution is 6.01. The molecule has 1 amide bonds. The quantitative estimate of drug-likeness (QED) is 0.462. The first-order valence-corrected chi connectivity index (χ1v) is 14.3. The summed E-state index contributed by atoms with van der Waals surface area (Å²) in [5.74, 6) is 0.691. The van der Waals surface area contributed by atoms with Crippen LogP contribution in [0, 0.1) is 0 Å². The van der Waals surface area contributed by atoms with E-state index in [9.17, 15) is 4.79 Å². The predicted octanol–water partition coefficient (Wildman–Crippen LogP) is 5.32. The molecule has 3 aromatic rings. The van der Waals surface area contributed by atoms with Crippen molar-refractivity contribution in [3.63, 3.8) is 0 Å². The molecule has 0 aromatic carbocycles. The highest BCUT2D eigenvalue weighted by Gasteiger charge is 2.24. The van der Waals surface area contributed by atoms with Crippen LogP contribution in [-0.2, 0) is 11.2 Å². The normalized spacial score (nSPS) is 22.4. The summed E-state index contributed by atoms with van der Waals surface area (Å²) in [7, 11) is 1.77. The molecule has 3 aliphatic carbocycles. The van der Waals surface area contributed by atoms with E-state index in [1.54, 1.807) is 17.8 Å². The lowest BCUT2D eigenvalue weighted by molar-refractivity contribution is 0.0599. The maximum atomic E-state index is 13.2. The lowest BCUT2D eigenvalue weighted by atomic mass is 9.93. The van der Waals surface area contributed by atoms with Gasteiger partial charge in [0.05, 0.1) is 29.1 Å². The number of pyridine rings is 1. The topological polar surface area (TPSA) is 93.4 Å². The molecule has 2 N–H and O–H groups in total. The van der Waals surface area contributed by atoms with E-state index in [1.807, 2.05) is 12.4 Å². The summed E-state index contributed by atoms with van der Waals surface area (Å²) in [4.78, 5) is 22.9. The molecule has 2 fully saturated rings. The number of aryl methyl sites for hydroxylation is 1. The summed E-state index contributed by atoms with van der Waals surface area (Å²) >= 11 is 0. The minimum absolute atomic E-state index is 0.0602. The first-order chi connectivity index (χ1) is 18.7. The third-order valence-electron chi connectivity index (χ3n) is 8.48. The van der Waals surface area contributed by atoms with Gasteiger partial charge >= 0.3 is 0 Å². The van der Waals surface area contributed by atoms with Crippen LogP contribution in [0.5, 0.6) is 0 Å². The largest absolute Gasteiger partial charge is 0.381 e. The molecule has 8 heteroatoms. The molecule has 6 rings (SSSR count). The van der Waals surface area contributed by atoms with Crippen molar-refractivity contribution < 1.29 is 9.53 Å². The van der Waals surface area contributed by atoms with E-state index < -0.39 is 0 Å². The number of nitrogens with one attached hydrogen (secondary N) is 2. The number of carbonyl (C=O) groups is 1. The van der Waals surface area contributed by atoms with Crippen LogP contribution in [0.4, 0.5) is 5.95 Å². The number of amides is 1. The van der Waals surface area contributed by atoms with Crippen molar-refractivity contribution in [1.82, 2.24) is 24.9 Å². The van der Waals surface area contributed by atoms with Crippen LogP contribution in [-0.4, -0.2) is 50.8 Å². The van der Waals surface area contributed by atoms with E-state index in [0.29, 0.717) is 17.7 Å². The fourth-order valence-electron chi connectivity index (χ4n) is 6.26. The second kappa shape index (κ2) is 11.2. The summed E-state index contributed by atoms with van der Waals surface area (Å²) in [5, 5.41) is 11.3. The summed E-state index contributed by atoms with van der Waals surface area (Å²) in [6, 6.07) is 4.81. The van der Waals surface area contributed by atoms with E-state index in [-0.39, 0.29) is 11.9 Å². The Morgan fingerprint density at radius 1 is 1.03 bits per heavy atom. The number of fused-ring (bicyclic) bond motifs is 2. The van der Waals surface area contributed by atoms with Gasteiger partial charge in [0, 0.05) is 37.2 Å². The Labute approximate surface area is 224 Å². The predicted molar refractivity (Wildman–Crippen MR) is 148 cm³/mol. The maximum absolute atomic E-state index is 13.2. The fourth-order valence-corrected chi connectivity index (χ4v) is 6.26. The number of ether oxygens (including phenoxy) is 1. The summed E-state index contributed by atoms with van der Waals surface area (Å²) < 4.78 is 7.26. The van der Waals surface area contributed by atoms with Crippen molar-refractivity contribution in [2.45, 2.75) is 95.2 Å². The lowest BCUT2D eigenvalue weighted by Gasteiger charge is -2.28. The average molecular weight is 515 g/mol. The van der Waals surface area contributed by atoms with Crippen LogP contribution < -0.4 is 10.6 Å². The third-order valence-corrected chi connectivity index (χ3v) is 8.48. The van der Waals surface area contributed by atoms with Crippen LogP contribution in [0.3, 0.4) is 0 Å². The van der Waals surface area contributed by atoms with Gasteiger partial charge in [-0.05, 0) is 81.1 Å². The Hall–Kier alpha value is -3.26. The molecule has 0 aliphatic heterocycles. The Morgan fingerprint density at radius 2 is 1.87 bits per heavy atom. The molecule has 0 bridgehead atoms. The van der Waals surface area contributed by atoms with Gasteiger partial charge in [0.2, 0.25) is 5.95 Å². The molecular weight excluding hydrogens is 476 g/mol. The minimum atomic E-state index is -0.0602. The van der Waals surface area contributed by atoms with E-state index in [4.69, 9.17) is 14.7 Å². The third kappa shape index (κ3) is 5.32. The Bertz CT molecular complexity index is 1320. The van der Waals surface area contributed by atoms with Crippen molar-refractivity contribution in [2.24, 2.45) is 0 Å². The second-order valence-electron chi connectivity index (χ2n) is 11.0. The summed E-state index contributed by atoms with van der Waals surface area (Å²) in [6.07, 6.45) is 21.3. The van der Waals surface area contributed by atoms with E-state index >= 15 is 0 Å². The molecule has 0 radical (unpaired) electrons. The smallest absolute Gasteiger partial charge is 0.255 e. The first kappa shape index (κ1) is 25.0. The Morgan fingerprint density at radius 3 is 2.68 bits per heavy atom. The fraction of sp³-hybridized carbons (Fsp3) is 0.533. The lowest BCUT2D eigenvalue weighted by Crippen LogP contribution is -2.38. The van der Waals surface area contributed by atoms with Crippen molar-refractivity contribution in [2.75, 3.05) is 12.4 Å². The second-order valence-corrected chi connectivity index (χ2v) is 11.0. The molecule has 3 aliphatic rings. The van der Waals surface area contributed by atoms with Gasteiger partial charge in [0.1, 0.15) is 0 Å². The summed E-state index contributed by atoms with van der Waals surface area (Å²) in [5.41, 5.74) is 5.80. The molecule has 8 nitrogen and oxygen atoms in total. The van der Waals surface area contributed by atoms with Gasteiger partial charge in [-0.25, -0.2) is 14.5 Å². The number of anilines is 1. The molecule has 200 valence electrons. The number of hydrogen-bond acceptors (Lipinski definition) is 6. The Balaban J connectivity index is 1.24. The van der Waals surface area contributed by atoms with E-state index in [1.165, 1.54) is 32.1 Å². The molecule has 3 heterocycles. The number of methoxy groups -OCH3 is 1. The molecule has 0 unspecified atom stereocenters. The first-order valence-electron chi connectivity index (χ1n) is 14.3. The van der Waals surface area contributed by atoms with Crippen LogP contribution in [0.2, 0.25) is 0 Å². The highest BCUT2D eigenvalue weighted by Crippen LogP contribution is 2.32. The average Bonchev–Trinajstić information content (AvgIpc) is 3.27. The van der Waals surface area contributed by atoms with Crippen molar-refractivity contribution >= 4 is 22.9 Å². The van der Waals surface area contributed by atoms with Gasteiger partial charge in [-0.15, -0.1) is 0 Å². The number of rotatable bonds is 6. The van der Waals surface area contributed by atoms with Crippen molar-refractivity contribution in [3.05, 3.63) is 59.2 Å². The Kier molecular flexibility index (Phi) is 7.40. The highest BCUT2D eigenvalue weighted by atomic mass is 16.5. The minimum Gasteiger partial charge on any atom is -0.381 e. The van der Waals surface area contributed by atoms with E-state index in [0.717, 1.165) is 78.8 Å². The van der Waals surface area contributed by atoms with E-state index in [2.05, 4.69) is 33.9 Å². The van der Waals surface area contributed by atoms with Crippen molar-refractivity contribution in [3.8, 4) is 0 Å². The molecule has 0 spiro atoms. The van der Waals surface area contributed by atoms with Gasteiger partial charge in [0.15, 0.2) is 0 Å². The zero-order chi connectivity index (χ0) is 25.9. The summed E-state index contributed by atoms with van der Waals surface area (Å²) in [6.45, 7) is 0. The number of aromatic nitrogens is 4. The van der Waals surface area contributed by atoms with Crippen LogP contribution >= 0.6 is 0 Å². The van der Waals surface area contributed by atoms with Gasteiger partial charge in [-0.2, -0.15) is 5.10 Å². The van der Waals surface area contributed by atoms with Crippen LogP contribution in [0.1, 0.15) is 97.8 Å². The monoisotopic (exact) mass is 514 g/mol. The molecule has 2 saturated carbocycles. The standard InChI is InChI=1S/C30H38N6O2/c1-38-23-13-11-22(12-14-23)33-29(37)26-19-32-36-16-15-20(17-28(26)36)24-9-5-6-10-27-25(24)18-31-30(35-27)34-21-7-3-2-4-8-21/h9,15-19,21-23H,2-8,10-14H2,1H3,(H,33,37)(H,31,34,35). The number of allylic oxidation sites excluding steroid dienone is 1. The number of nitrogens with zero attached hydrogens (tertiary/aromatic N) is 4. The van der Waals surface area contributed by atoms with Gasteiger partial charge in [-0.3, -0.25) is 4.79 Å². The van der Waals surface area contributed by atoms with Gasteiger partial charge in [-0.1, -0.05) is 25.3 Å².